The molecule has 0 radical (unpaired) electrons. The third-order valence-corrected chi connectivity index (χ3v) is 5.09. The largest absolute Gasteiger partial charge is 0.497 e. The van der Waals surface area contributed by atoms with Crippen LogP contribution in [0.25, 0.3) is 5.57 Å². The van der Waals surface area contributed by atoms with Crippen LogP contribution in [0.1, 0.15) is 30.4 Å². The summed E-state index contributed by atoms with van der Waals surface area (Å²) in [6, 6.07) is 6.85. The van der Waals surface area contributed by atoms with E-state index in [9.17, 15) is 4.79 Å². The van der Waals surface area contributed by atoms with Gasteiger partial charge in [-0.1, -0.05) is 12.1 Å². The lowest BCUT2D eigenvalue weighted by atomic mass is 9.73. The van der Waals surface area contributed by atoms with Crippen LogP contribution in [-0.4, -0.2) is 30.5 Å². The number of benzene rings is 1. The zero-order valence-electron chi connectivity index (χ0n) is 11.8. The normalized spacial score (nSPS) is 27.6. The van der Waals surface area contributed by atoms with E-state index in [1.807, 2.05) is 6.07 Å². The van der Waals surface area contributed by atoms with Crippen molar-refractivity contribution in [1.29, 1.82) is 0 Å². The summed E-state index contributed by atoms with van der Waals surface area (Å²) in [7, 11) is 1.72. The van der Waals surface area contributed by atoms with E-state index in [4.69, 9.17) is 4.74 Å². The lowest BCUT2D eigenvalue weighted by Crippen LogP contribution is -2.43. The van der Waals surface area contributed by atoms with Gasteiger partial charge in [-0.25, -0.2) is 0 Å². The number of nitrogens with zero attached hydrogens (tertiary/aromatic N) is 1. The van der Waals surface area contributed by atoms with Gasteiger partial charge < -0.3 is 9.64 Å². The van der Waals surface area contributed by atoms with Crippen molar-refractivity contribution in [1.82, 2.24) is 4.90 Å². The molecule has 104 valence electrons. The molecule has 2 aliphatic heterocycles. The molecule has 2 heterocycles. The molecule has 1 fully saturated rings. The van der Waals surface area contributed by atoms with E-state index in [1.54, 1.807) is 7.11 Å². The smallest absolute Gasteiger partial charge is 0.223 e. The number of rotatable bonds is 1. The van der Waals surface area contributed by atoms with E-state index < -0.39 is 0 Å². The second kappa shape index (κ2) is 4.37. The van der Waals surface area contributed by atoms with Crippen molar-refractivity contribution >= 4 is 11.5 Å². The van der Waals surface area contributed by atoms with Gasteiger partial charge in [0.05, 0.1) is 7.11 Å². The van der Waals surface area contributed by atoms with E-state index in [0.717, 1.165) is 38.0 Å². The topological polar surface area (TPSA) is 29.5 Å². The Balaban J connectivity index is 1.75. The SMILES string of the molecule is COc1ccc2c(c1)CC[C@H]1C2=CCN2C(=O)CC[C@@H]12. The summed E-state index contributed by atoms with van der Waals surface area (Å²) >= 11 is 0. The van der Waals surface area contributed by atoms with Gasteiger partial charge in [0.2, 0.25) is 5.91 Å². The van der Waals surface area contributed by atoms with E-state index in [2.05, 4.69) is 23.1 Å². The first-order valence-electron chi connectivity index (χ1n) is 7.45. The molecule has 1 amide bonds. The molecule has 0 spiro atoms. The first kappa shape index (κ1) is 12.0. The van der Waals surface area contributed by atoms with Crippen LogP contribution in [0.5, 0.6) is 5.75 Å². The molecule has 0 saturated carbocycles. The lowest BCUT2D eigenvalue weighted by Gasteiger charge is -2.40. The number of carbonyl (C=O) groups is 1. The number of methoxy groups -OCH3 is 1. The number of carbonyl (C=O) groups excluding carboxylic acids is 1. The molecule has 4 rings (SSSR count). The Morgan fingerprint density at radius 3 is 3.00 bits per heavy atom. The molecule has 0 unspecified atom stereocenters. The van der Waals surface area contributed by atoms with Crippen LogP contribution >= 0.6 is 0 Å². The van der Waals surface area contributed by atoms with Crippen molar-refractivity contribution in [2.24, 2.45) is 5.92 Å². The van der Waals surface area contributed by atoms with Crippen LogP contribution in [0.2, 0.25) is 0 Å². The Bertz CT molecular complexity index is 605. The zero-order chi connectivity index (χ0) is 13.7. The molecule has 2 atom stereocenters. The van der Waals surface area contributed by atoms with Crippen molar-refractivity contribution in [2.45, 2.75) is 31.7 Å². The van der Waals surface area contributed by atoms with Gasteiger partial charge in [-0.15, -0.1) is 0 Å². The summed E-state index contributed by atoms with van der Waals surface area (Å²) < 4.78 is 5.33. The van der Waals surface area contributed by atoms with Gasteiger partial charge in [0.15, 0.2) is 0 Å². The number of fused-ring (bicyclic) bond motifs is 5. The molecular weight excluding hydrogens is 250 g/mol. The van der Waals surface area contributed by atoms with Crippen LogP contribution < -0.4 is 4.74 Å². The average Bonchev–Trinajstić information content (AvgIpc) is 2.88. The fraction of sp³-hybridized carbons (Fsp3) is 0.471. The van der Waals surface area contributed by atoms with Crippen LogP contribution in [-0.2, 0) is 11.2 Å². The molecular formula is C17H19NO2. The summed E-state index contributed by atoms with van der Waals surface area (Å²) in [5.41, 5.74) is 4.23. The van der Waals surface area contributed by atoms with Gasteiger partial charge in [0.25, 0.3) is 0 Å². The molecule has 3 heteroatoms. The molecule has 0 bridgehead atoms. The molecule has 20 heavy (non-hydrogen) atoms. The highest BCUT2D eigenvalue weighted by atomic mass is 16.5. The standard InChI is InChI=1S/C17H19NO2/c1-20-12-3-5-13-11(10-12)2-4-15-14(13)8-9-18-16(15)6-7-17(18)19/h3,5,8,10,15-16H,2,4,6-7,9H2,1H3/t15-,16-/m0/s1. The molecule has 1 aliphatic carbocycles. The monoisotopic (exact) mass is 269 g/mol. The van der Waals surface area contributed by atoms with Gasteiger partial charge >= 0.3 is 0 Å². The molecule has 1 aromatic carbocycles. The minimum atomic E-state index is 0.339. The Labute approximate surface area is 119 Å². The maximum absolute atomic E-state index is 11.9. The first-order chi connectivity index (χ1) is 9.78. The summed E-state index contributed by atoms with van der Waals surface area (Å²) in [6.07, 6.45) is 6.28. The number of hydrogen-bond acceptors (Lipinski definition) is 2. The molecule has 1 aromatic rings. The minimum Gasteiger partial charge on any atom is -0.497 e. The molecule has 3 aliphatic rings. The third-order valence-electron chi connectivity index (χ3n) is 5.09. The molecule has 0 aromatic heterocycles. The Morgan fingerprint density at radius 1 is 1.25 bits per heavy atom. The summed E-state index contributed by atoms with van der Waals surface area (Å²) in [6.45, 7) is 0.792. The molecule has 0 N–H and O–H groups in total. The number of aryl methyl sites for hydroxylation is 1. The van der Waals surface area contributed by atoms with Crippen LogP contribution in [0.4, 0.5) is 0 Å². The highest BCUT2D eigenvalue weighted by molar-refractivity contribution is 5.82. The minimum absolute atomic E-state index is 0.339. The van der Waals surface area contributed by atoms with Crippen molar-refractivity contribution in [2.75, 3.05) is 13.7 Å². The van der Waals surface area contributed by atoms with Crippen molar-refractivity contribution < 1.29 is 9.53 Å². The fourth-order valence-electron chi connectivity index (χ4n) is 4.12. The number of hydrogen-bond donors (Lipinski definition) is 0. The Kier molecular flexibility index (Phi) is 2.62. The van der Waals surface area contributed by atoms with E-state index >= 15 is 0 Å². The van der Waals surface area contributed by atoms with E-state index in [-0.39, 0.29) is 0 Å². The average molecular weight is 269 g/mol. The van der Waals surface area contributed by atoms with Crippen molar-refractivity contribution in [3.8, 4) is 5.75 Å². The maximum atomic E-state index is 11.9. The van der Waals surface area contributed by atoms with Crippen molar-refractivity contribution in [3.63, 3.8) is 0 Å². The Morgan fingerprint density at radius 2 is 2.15 bits per heavy atom. The first-order valence-corrected chi connectivity index (χ1v) is 7.45. The predicted molar refractivity (Wildman–Crippen MR) is 77.5 cm³/mol. The van der Waals surface area contributed by atoms with Gasteiger partial charge in [0.1, 0.15) is 5.75 Å². The second-order valence-electron chi connectivity index (χ2n) is 5.98. The predicted octanol–water partition coefficient (Wildman–Crippen LogP) is 2.65. The highest BCUT2D eigenvalue weighted by Gasteiger charge is 2.41. The second-order valence-corrected chi connectivity index (χ2v) is 5.98. The van der Waals surface area contributed by atoms with Gasteiger partial charge in [-0.3, -0.25) is 4.79 Å². The molecule has 3 nitrogen and oxygen atoms in total. The third kappa shape index (κ3) is 1.62. The summed E-state index contributed by atoms with van der Waals surface area (Å²) in [5, 5.41) is 0. The number of amides is 1. The lowest BCUT2D eigenvalue weighted by molar-refractivity contribution is -0.129. The van der Waals surface area contributed by atoms with Gasteiger partial charge in [-0.2, -0.15) is 0 Å². The van der Waals surface area contributed by atoms with Crippen LogP contribution in [0.3, 0.4) is 0 Å². The van der Waals surface area contributed by atoms with Crippen LogP contribution in [0, 0.1) is 5.92 Å². The fourth-order valence-corrected chi connectivity index (χ4v) is 4.12. The van der Waals surface area contributed by atoms with E-state index in [1.165, 1.54) is 16.7 Å². The van der Waals surface area contributed by atoms with Gasteiger partial charge in [0, 0.05) is 24.9 Å². The van der Waals surface area contributed by atoms with E-state index in [0.29, 0.717) is 17.9 Å². The molecule has 1 saturated heterocycles. The zero-order valence-corrected chi connectivity index (χ0v) is 11.8. The Hall–Kier alpha value is -1.77. The summed E-state index contributed by atoms with van der Waals surface area (Å²) in [4.78, 5) is 14.0. The maximum Gasteiger partial charge on any atom is 0.223 e. The van der Waals surface area contributed by atoms with Crippen LogP contribution in [0.15, 0.2) is 24.3 Å². The highest BCUT2D eigenvalue weighted by Crippen LogP contribution is 2.44. The van der Waals surface area contributed by atoms with Crippen molar-refractivity contribution in [3.05, 3.63) is 35.4 Å². The van der Waals surface area contributed by atoms with Gasteiger partial charge in [-0.05, 0) is 48.1 Å². The number of ether oxygens (including phenoxy) is 1. The summed E-state index contributed by atoms with van der Waals surface area (Å²) in [5.74, 6) is 1.82. The quantitative estimate of drug-likeness (QED) is 0.784.